The molecule has 4 nitrogen and oxygen atoms in total. The molecule has 0 aliphatic carbocycles. The van der Waals surface area contributed by atoms with Crippen molar-refractivity contribution >= 4 is 10.0 Å². The van der Waals surface area contributed by atoms with Crippen LogP contribution in [-0.4, -0.2) is 15.5 Å². The van der Waals surface area contributed by atoms with Crippen LogP contribution in [0.15, 0.2) is 29.2 Å². The molecular weight excluding hydrogens is 188 g/mol. The Kier molecular flexibility index (Phi) is 3.02. The summed E-state index contributed by atoms with van der Waals surface area (Å²) in [6.07, 6.45) is 0. The van der Waals surface area contributed by atoms with Crippen LogP contribution in [0.3, 0.4) is 0 Å². The summed E-state index contributed by atoms with van der Waals surface area (Å²) < 4.78 is 22.7. The molecule has 0 aromatic heterocycles. The van der Waals surface area contributed by atoms with Crippen LogP contribution in [0.5, 0.6) is 0 Å². The molecule has 0 saturated heterocycles. The molecule has 0 unspecified atom stereocenters. The van der Waals surface area contributed by atoms with Crippen LogP contribution in [0.25, 0.3) is 0 Å². The van der Waals surface area contributed by atoms with Crippen LogP contribution < -0.4 is 10.3 Å². The molecule has 2 N–H and O–H groups in total. The first-order valence-corrected chi connectivity index (χ1v) is 5.30. The van der Waals surface area contributed by atoms with Crippen molar-refractivity contribution in [3.63, 3.8) is 0 Å². The Morgan fingerprint density at radius 3 is 2.15 bits per heavy atom. The number of nitrogens with one attached hydrogen (secondary N) is 2. The van der Waals surface area contributed by atoms with Gasteiger partial charge in [-0.15, -0.1) is 4.83 Å². The van der Waals surface area contributed by atoms with E-state index in [4.69, 9.17) is 0 Å². The van der Waals surface area contributed by atoms with E-state index in [2.05, 4.69) is 10.3 Å². The predicted molar refractivity (Wildman–Crippen MR) is 50.6 cm³/mol. The third-order valence-electron chi connectivity index (χ3n) is 1.57. The Morgan fingerprint density at radius 2 is 1.69 bits per heavy atom. The number of aryl methyl sites for hydroxylation is 1. The topological polar surface area (TPSA) is 58.2 Å². The molecule has 0 bridgehead atoms. The van der Waals surface area contributed by atoms with Gasteiger partial charge in [-0.2, -0.15) is 0 Å². The molecule has 0 fully saturated rings. The molecule has 1 rings (SSSR count). The fourth-order valence-corrected chi connectivity index (χ4v) is 1.79. The van der Waals surface area contributed by atoms with Gasteiger partial charge in [0.05, 0.1) is 4.90 Å². The van der Waals surface area contributed by atoms with Crippen molar-refractivity contribution in [3.8, 4) is 0 Å². The van der Waals surface area contributed by atoms with Gasteiger partial charge >= 0.3 is 0 Å². The molecule has 0 amide bonds. The quantitative estimate of drug-likeness (QED) is 0.695. The second kappa shape index (κ2) is 3.87. The summed E-state index contributed by atoms with van der Waals surface area (Å²) in [5, 5.41) is 0. The van der Waals surface area contributed by atoms with Crippen molar-refractivity contribution in [2.75, 3.05) is 7.05 Å². The van der Waals surface area contributed by atoms with Gasteiger partial charge in [-0.1, -0.05) is 17.7 Å². The SMILES string of the molecule is CNNS(=O)(=O)c1ccc(C)cc1. The van der Waals surface area contributed by atoms with E-state index < -0.39 is 10.0 Å². The highest BCUT2D eigenvalue weighted by Crippen LogP contribution is 2.08. The van der Waals surface area contributed by atoms with Crippen molar-refractivity contribution < 1.29 is 8.42 Å². The average molecular weight is 200 g/mol. The van der Waals surface area contributed by atoms with Gasteiger partial charge < -0.3 is 0 Å². The molecule has 1 aromatic carbocycles. The first-order chi connectivity index (χ1) is 6.06. The summed E-state index contributed by atoms with van der Waals surface area (Å²) in [4.78, 5) is 2.44. The zero-order valence-electron chi connectivity index (χ0n) is 7.53. The molecule has 5 heteroatoms. The Morgan fingerprint density at radius 1 is 1.15 bits per heavy atom. The minimum Gasteiger partial charge on any atom is -0.247 e. The lowest BCUT2D eigenvalue weighted by molar-refractivity contribution is 0.570. The highest BCUT2D eigenvalue weighted by atomic mass is 32.2. The molecule has 0 spiro atoms. The van der Waals surface area contributed by atoms with Crippen LogP contribution in [0.2, 0.25) is 0 Å². The molecule has 13 heavy (non-hydrogen) atoms. The largest absolute Gasteiger partial charge is 0.253 e. The first kappa shape index (κ1) is 10.2. The number of hydrogen-bond donors (Lipinski definition) is 2. The zero-order valence-corrected chi connectivity index (χ0v) is 8.35. The molecule has 0 atom stereocenters. The normalized spacial score (nSPS) is 11.5. The summed E-state index contributed by atoms with van der Waals surface area (Å²) in [5.74, 6) is 0. The van der Waals surface area contributed by atoms with Gasteiger partial charge in [0.2, 0.25) is 0 Å². The monoisotopic (exact) mass is 200 g/mol. The van der Waals surface area contributed by atoms with E-state index in [0.29, 0.717) is 0 Å². The minimum absolute atomic E-state index is 0.257. The smallest absolute Gasteiger partial charge is 0.247 e. The van der Waals surface area contributed by atoms with Gasteiger partial charge in [-0.25, -0.2) is 13.8 Å². The maximum Gasteiger partial charge on any atom is 0.253 e. The van der Waals surface area contributed by atoms with Crippen LogP contribution in [0.1, 0.15) is 5.56 Å². The van der Waals surface area contributed by atoms with E-state index in [1.54, 1.807) is 24.3 Å². The second-order valence-electron chi connectivity index (χ2n) is 2.67. The van der Waals surface area contributed by atoms with Crippen molar-refractivity contribution in [1.29, 1.82) is 0 Å². The second-order valence-corrected chi connectivity index (χ2v) is 4.35. The molecule has 0 aliphatic heterocycles. The number of rotatable bonds is 3. The summed E-state index contributed by atoms with van der Waals surface area (Å²) in [7, 11) is -1.88. The maximum atomic E-state index is 11.4. The van der Waals surface area contributed by atoms with Gasteiger partial charge in [-0.05, 0) is 26.1 Å². The summed E-state index contributed by atoms with van der Waals surface area (Å²) in [5.41, 5.74) is 3.41. The Labute approximate surface area is 78.0 Å². The third kappa shape index (κ3) is 2.51. The van der Waals surface area contributed by atoms with Crippen LogP contribution >= 0.6 is 0 Å². The van der Waals surface area contributed by atoms with Crippen molar-refractivity contribution in [3.05, 3.63) is 29.8 Å². The zero-order chi connectivity index (χ0) is 9.90. The Hall–Kier alpha value is -0.910. The molecule has 0 saturated carbocycles. The number of hydrazine groups is 1. The average Bonchev–Trinajstić information content (AvgIpc) is 2.05. The summed E-state index contributed by atoms with van der Waals surface area (Å²) in [6, 6.07) is 6.64. The standard InChI is InChI=1S/C8H12N2O2S/c1-7-3-5-8(6-4-7)13(11,12)10-9-2/h3-6,9-10H,1-2H3. The summed E-state index contributed by atoms with van der Waals surface area (Å²) >= 11 is 0. The van der Waals surface area contributed by atoms with Crippen molar-refractivity contribution in [1.82, 2.24) is 10.3 Å². The van der Waals surface area contributed by atoms with E-state index in [9.17, 15) is 8.42 Å². The van der Waals surface area contributed by atoms with E-state index in [1.807, 2.05) is 6.92 Å². The van der Waals surface area contributed by atoms with Crippen molar-refractivity contribution in [2.24, 2.45) is 0 Å². The highest BCUT2D eigenvalue weighted by Gasteiger charge is 2.10. The molecular formula is C8H12N2O2S. The van der Waals surface area contributed by atoms with Gasteiger partial charge in [0.15, 0.2) is 0 Å². The predicted octanol–water partition coefficient (Wildman–Crippen LogP) is 0.408. The van der Waals surface area contributed by atoms with Gasteiger partial charge in [0.25, 0.3) is 10.0 Å². The molecule has 0 radical (unpaired) electrons. The molecule has 0 heterocycles. The fourth-order valence-electron chi connectivity index (χ4n) is 0.911. The van der Waals surface area contributed by atoms with Gasteiger partial charge in [-0.3, -0.25) is 0 Å². The Balaban J connectivity index is 3.02. The number of sulfonamides is 1. The lowest BCUT2D eigenvalue weighted by Crippen LogP contribution is -2.34. The lowest BCUT2D eigenvalue weighted by atomic mass is 10.2. The van der Waals surface area contributed by atoms with Crippen molar-refractivity contribution in [2.45, 2.75) is 11.8 Å². The fraction of sp³-hybridized carbons (Fsp3) is 0.250. The van der Waals surface area contributed by atoms with Gasteiger partial charge in [0, 0.05) is 0 Å². The van der Waals surface area contributed by atoms with E-state index in [-0.39, 0.29) is 4.90 Å². The lowest BCUT2D eigenvalue weighted by Gasteiger charge is -2.04. The maximum absolute atomic E-state index is 11.4. The highest BCUT2D eigenvalue weighted by molar-refractivity contribution is 7.89. The number of hydrogen-bond acceptors (Lipinski definition) is 3. The minimum atomic E-state index is -3.39. The Bertz CT molecular complexity index is 370. The van der Waals surface area contributed by atoms with E-state index in [1.165, 1.54) is 7.05 Å². The molecule has 0 aliphatic rings. The van der Waals surface area contributed by atoms with Gasteiger partial charge in [0.1, 0.15) is 0 Å². The molecule has 1 aromatic rings. The number of benzene rings is 1. The van der Waals surface area contributed by atoms with Crippen LogP contribution in [-0.2, 0) is 10.0 Å². The first-order valence-electron chi connectivity index (χ1n) is 3.81. The van der Waals surface area contributed by atoms with Crippen LogP contribution in [0, 0.1) is 6.92 Å². The third-order valence-corrected chi connectivity index (χ3v) is 2.93. The van der Waals surface area contributed by atoms with E-state index >= 15 is 0 Å². The summed E-state index contributed by atoms with van der Waals surface area (Å²) in [6.45, 7) is 1.90. The molecule has 72 valence electrons. The van der Waals surface area contributed by atoms with E-state index in [0.717, 1.165) is 5.56 Å². The van der Waals surface area contributed by atoms with Crippen LogP contribution in [0.4, 0.5) is 0 Å².